The van der Waals surface area contributed by atoms with Gasteiger partial charge in [0.15, 0.2) is 0 Å². The van der Waals surface area contributed by atoms with Gasteiger partial charge in [-0.1, -0.05) is 19.3 Å². The molecule has 26 heavy (non-hydrogen) atoms. The summed E-state index contributed by atoms with van der Waals surface area (Å²) in [6.45, 7) is 2.02. The zero-order valence-corrected chi connectivity index (χ0v) is 14.9. The number of aromatic carboxylic acids is 1. The Kier molecular flexibility index (Phi) is 5.85. The highest BCUT2D eigenvalue weighted by Crippen LogP contribution is 2.27. The molecule has 0 bridgehead atoms. The van der Waals surface area contributed by atoms with Gasteiger partial charge in [0.2, 0.25) is 5.91 Å². The van der Waals surface area contributed by atoms with E-state index in [1.54, 1.807) is 4.90 Å². The van der Waals surface area contributed by atoms with Crippen molar-refractivity contribution >= 4 is 17.8 Å². The van der Waals surface area contributed by atoms with Crippen LogP contribution in [0, 0.1) is 5.92 Å². The number of nitrogens with zero attached hydrogens (tertiary/aromatic N) is 3. The highest BCUT2D eigenvalue weighted by molar-refractivity contribution is 5.96. The zero-order valence-electron chi connectivity index (χ0n) is 14.9. The molecule has 1 saturated heterocycles. The summed E-state index contributed by atoms with van der Waals surface area (Å²) in [5.74, 6) is -0.657. The van der Waals surface area contributed by atoms with Crippen molar-refractivity contribution in [2.75, 3.05) is 26.2 Å². The number of carboxylic acids is 1. The van der Waals surface area contributed by atoms with E-state index < -0.39 is 5.97 Å². The van der Waals surface area contributed by atoms with Crippen molar-refractivity contribution in [1.29, 1.82) is 0 Å². The maximum absolute atomic E-state index is 12.6. The summed E-state index contributed by atoms with van der Waals surface area (Å²) < 4.78 is 0. The highest BCUT2D eigenvalue weighted by Gasteiger charge is 2.27. The number of pyridine rings is 1. The lowest BCUT2D eigenvalue weighted by Gasteiger charge is -2.35. The third-order valence-corrected chi connectivity index (χ3v) is 5.33. The van der Waals surface area contributed by atoms with E-state index in [4.69, 9.17) is 5.11 Å². The van der Waals surface area contributed by atoms with Crippen LogP contribution in [0.4, 0.5) is 0 Å². The summed E-state index contributed by atoms with van der Waals surface area (Å²) in [6, 6.07) is 2.82. The second kappa shape index (κ2) is 8.29. The van der Waals surface area contributed by atoms with Crippen LogP contribution in [0.25, 0.3) is 0 Å². The maximum Gasteiger partial charge on any atom is 0.354 e. The van der Waals surface area contributed by atoms with Gasteiger partial charge in [-0.25, -0.2) is 9.78 Å². The van der Waals surface area contributed by atoms with Crippen LogP contribution >= 0.6 is 0 Å². The van der Waals surface area contributed by atoms with Crippen molar-refractivity contribution in [2.24, 2.45) is 5.92 Å². The van der Waals surface area contributed by atoms with Crippen LogP contribution in [0.5, 0.6) is 0 Å². The molecule has 1 aromatic heterocycles. The first-order chi connectivity index (χ1) is 12.5. The molecule has 7 heteroatoms. The van der Waals surface area contributed by atoms with Crippen LogP contribution in [-0.2, 0) is 4.79 Å². The first-order valence-electron chi connectivity index (χ1n) is 9.31. The Hall–Kier alpha value is -2.44. The Morgan fingerprint density at radius 3 is 2.35 bits per heavy atom. The number of aromatic nitrogens is 1. The largest absolute Gasteiger partial charge is 0.477 e. The van der Waals surface area contributed by atoms with Crippen molar-refractivity contribution < 1.29 is 19.5 Å². The molecule has 2 amide bonds. The van der Waals surface area contributed by atoms with Crippen molar-refractivity contribution in [3.8, 4) is 0 Å². The lowest BCUT2D eigenvalue weighted by Crippen LogP contribution is -2.50. The smallest absolute Gasteiger partial charge is 0.354 e. The SMILES string of the molecule is O=C(O)c1cc(C(=O)N2CCN(C(=O)CC3CCCCC3)CC2)ccn1. The predicted octanol–water partition coefficient (Wildman–Crippen LogP) is 2.03. The van der Waals surface area contributed by atoms with Crippen LogP contribution < -0.4 is 0 Å². The standard InChI is InChI=1S/C19H25N3O4/c23-17(12-14-4-2-1-3-5-14)21-8-10-22(11-9-21)18(24)15-6-7-20-16(13-15)19(25)26/h6-7,13-14H,1-5,8-12H2,(H,25,26). The van der Waals surface area contributed by atoms with Gasteiger partial charge in [0.25, 0.3) is 5.91 Å². The summed E-state index contributed by atoms with van der Waals surface area (Å²) in [5, 5.41) is 9.00. The number of carboxylic acid groups (broad SMARTS) is 1. The van der Waals surface area contributed by atoms with Crippen LogP contribution in [0.15, 0.2) is 18.3 Å². The molecule has 2 fully saturated rings. The first kappa shape index (κ1) is 18.4. The van der Waals surface area contributed by atoms with Gasteiger partial charge in [-0.2, -0.15) is 0 Å². The molecular formula is C19H25N3O4. The second-order valence-electron chi connectivity index (χ2n) is 7.12. The summed E-state index contributed by atoms with van der Waals surface area (Å²) in [6.07, 6.45) is 8.00. The number of carbonyl (C=O) groups is 3. The number of hydrogen-bond acceptors (Lipinski definition) is 4. The fourth-order valence-corrected chi connectivity index (χ4v) is 3.79. The molecule has 1 N–H and O–H groups in total. The zero-order chi connectivity index (χ0) is 18.5. The normalized spacial score (nSPS) is 18.6. The molecule has 0 spiro atoms. The minimum absolute atomic E-state index is 0.142. The average Bonchev–Trinajstić information content (AvgIpc) is 2.68. The Morgan fingerprint density at radius 2 is 1.69 bits per heavy atom. The molecule has 140 valence electrons. The monoisotopic (exact) mass is 359 g/mol. The number of amides is 2. The molecule has 1 aliphatic carbocycles. The number of piperazine rings is 1. The molecule has 3 rings (SSSR count). The lowest BCUT2D eigenvalue weighted by molar-refractivity contribution is -0.133. The van der Waals surface area contributed by atoms with Crippen LogP contribution in [0.1, 0.15) is 59.4 Å². The van der Waals surface area contributed by atoms with Crippen molar-refractivity contribution in [3.05, 3.63) is 29.6 Å². The van der Waals surface area contributed by atoms with Crippen LogP contribution in [0.2, 0.25) is 0 Å². The molecule has 1 aliphatic heterocycles. The fourth-order valence-electron chi connectivity index (χ4n) is 3.79. The van der Waals surface area contributed by atoms with Gasteiger partial charge in [0.1, 0.15) is 5.69 Å². The van der Waals surface area contributed by atoms with Gasteiger partial charge in [0.05, 0.1) is 0 Å². The molecule has 0 aromatic carbocycles. The quantitative estimate of drug-likeness (QED) is 0.888. The molecule has 1 aromatic rings. The van der Waals surface area contributed by atoms with E-state index in [0.717, 1.165) is 12.8 Å². The predicted molar refractivity (Wildman–Crippen MR) is 94.9 cm³/mol. The third kappa shape index (κ3) is 4.39. The van der Waals surface area contributed by atoms with E-state index in [-0.39, 0.29) is 17.5 Å². The van der Waals surface area contributed by atoms with E-state index in [1.807, 2.05) is 4.90 Å². The Balaban J connectivity index is 1.52. The third-order valence-electron chi connectivity index (χ3n) is 5.33. The van der Waals surface area contributed by atoms with Crippen molar-refractivity contribution in [1.82, 2.24) is 14.8 Å². The lowest BCUT2D eigenvalue weighted by atomic mass is 9.86. The molecule has 2 aliphatic rings. The van der Waals surface area contributed by atoms with Gasteiger partial charge >= 0.3 is 5.97 Å². The minimum atomic E-state index is -1.15. The number of carbonyl (C=O) groups excluding carboxylic acids is 2. The van der Waals surface area contributed by atoms with Gasteiger partial charge in [-0.05, 0) is 30.9 Å². The summed E-state index contributed by atoms with van der Waals surface area (Å²) in [7, 11) is 0. The number of hydrogen-bond donors (Lipinski definition) is 1. The summed E-state index contributed by atoms with van der Waals surface area (Å²) in [5.41, 5.74) is 0.177. The molecule has 7 nitrogen and oxygen atoms in total. The maximum atomic E-state index is 12.6. The Labute approximate surface area is 153 Å². The fraction of sp³-hybridized carbons (Fsp3) is 0.579. The van der Waals surface area contributed by atoms with Gasteiger partial charge in [-0.15, -0.1) is 0 Å². The van der Waals surface area contributed by atoms with Crippen molar-refractivity contribution in [2.45, 2.75) is 38.5 Å². The van der Waals surface area contributed by atoms with Crippen LogP contribution in [-0.4, -0.2) is 63.9 Å². The number of rotatable bonds is 4. The molecule has 0 unspecified atom stereocenters. The molecule has 0 radical (unpaired) electrons. The molecule has 0 atom stereocenters. The first-order valence-corrected chi connectivity index (χ1v) is 9.31. The summed E-state index contributed by atoms with van der Waals surface area (Å²) >= 11 is 0. The summed E-state index contributed by atoms with van der Waals surface area (Å²) in [4.78, 5) is 43.3. The van der Waals surface area contributed by atoms with Gasteiger partial charge < -0.3 is 14.9 Å². The molecular weight excluding hydrogens is 334 g/mol. The molecule has 2 heterocycles. The van der Waals surface area contributed by atoms with Gasteiger partial charge in [0, 0.05) is 44.4 Å². The van der Waals surface area contributed by atoms with Gasteiger partial charge in [-0.3, -0.25) is 9.59 Å². The Bertz CT molecular complexity index is 677. The average molecular weight is 359 g/mol. The van der Waals surface area contributed by atoms with E-state index in [2.05, 4.69) is 4.98 Å². The Morgan fingerprint density at radius 1 is 1.04 bits per heavy atom. The molecule has 1 saturated carbocycles. The minimum Gasteiger partial charge on any atom is -0.477 e. The highest BCUT2D eigenvalue weighted by atomic mass is 16.4. The van der Waals surface area contributed by atoms with E-state index in [1.165, 1.54) is 37.6 Å². The van der Waals surface area contributed by atoms with E-state index in [0.29, 0.717) is 44.1 Å². The van der Waals surface area contributed by atoms with Crippen LogP contribution in [0.3, 0.4) is 0 Å². The van der Waals surface area contributed by atoms with E-state index >= 15 is 0 Å². The van der Waals surface area contributed by atoms with E-state index in [9.17, 15) is 14.4 Å². The second-order valence-corrected chi connectivity index (χ2v) is 7.12. The van der Waals surface area contributed by atoms with Crippen molar-refractivity contribution in [3.63, 3.8) is 0 Å². The topological polar surface area (TPSA) is 90.8 Å².